The second kappa shape index (κ2) is 5.15. The van der Waals surface area contributed by atoms with E-state index in [9.17, 15) is 9.18 Å². The van der Waals surface area contributed by atoms with E-state index in [-0.39, 0.29) is 0 Å². The third-order valence-electron chi connectivity index (χ3n) is 1.37. The summed E-state index contributed by atoms with van der Waals surface area (Å²) in [6, 6.07) is 0. The number of alkyl halides is 1. The molecule has 6 heteroatoms. The number of aliphatic hydroxyl groups excluding tert-OH is 4. The van der Waals surface area contributed by atoms with Crippen molar-refractivity contribution in [2.24, 2.45) is 0 Å². The molecule has 0 heterocycles. The molecule has 3 atom stereocenters. The van der Waals surface area contributed by atoms with Gasteiger partial charge in [0.15, 0.2) is 12.5 Å². The van der Waals surface area contributed by atoms with E-state index >= 15 is 0 Å². The molecule has 0 aromatic carbocycles. The summed E-state index contributed by atoms with van der Waals surface area (Å²) >= 11 is 0. The second-order valence-electron chi connectivity index (χ2n) is 2.29. The third kappa shape index (κ3) is 2.82. The fraction of sp³-hybridized carbons (Fsp3) is 0.833. The van der Waals surface area contributed by atoms with Crippen LogP contribution in [0.1, 0.15) is 0 Å². The molecule has 0 amide bonds. The molecule has 0 aliphatic rings. The van der Waals surface area contributed by atoms with Crippen molar-refractivity contribution in [2.45, 2.75) is 18.3 Å². The monoisotopic (exact) mass is 182 g/mol. The van der Waals surface area contributed by atoms with Crippen LogP contribution in [0.4, 0.5) is 4.39 Å². The number of halogens is 1. The van der Waals surface area contributed by atoms with Crippen molar-refractivity contribution in [3.8, 4) is 0 Å². The van der Waals surface area contributed by atoms with Crippen LogP contribution >= 0.6 is 0 Å². The molecule has 0 saturated heterocycles. The van der Waals surface area contributed by atoms with Crippen LogP contribution < -0.4 is 0 Å². The Hall–Kier alpha value is -0.560. The van der Waals surface area contributed by atoms with E-state index in [0.717, 1.165) is 0 Å². The third-order valence-corrected chi connectivity index (χ3v) is 1.37. The molecule has 12 heavy (non-hydrogen) atoms. The van der Waals surface area contributed by atoms with E-state index in [1.807, 2.05) is 0 Å². The highest BCUT2D eigenvalue weighted by atomic mass is 19.1. The average molecular weight is 182 g/mol. The Morgan fingerprint density at radius 1 is 1.33 bits per heavy atom. The van der Waals surface area contributed by atoms with Gasteiger partial charge in [0.1, 0.15) is 18.3 Å². The smallest absolute Gasteiger partial charge is 0.194 e. The van der Waals surface area contributed by atoms with Gasteiger partial charge in [-0.05, 0) is 0 Å². The molecular weight excluding hydrogens is 171 g/mol. The van der Waals surface area contributed by atoms with E-state index in [1.165, 1.54) is 0 Å². The van der Waals surface area contributed by atoms with E-state index in [2.05, 4.69) is 0 Å². The topological polar surface area (TPSA) is 98.0 Å². The maximum absolute atomic E-state index is 11.6. The van der Waals surface area contributed by atoms with Crippen LogP contribution in [-0.4, -0.2) is 57.8 Å². The first kappa shape index (κ1) is 11.4. The lowest BCUT2D eigenvalue weighted by atomic mass is 10.1. The fourth-order valence-corrected chi connectivity index (χ4v) is 0.588. The molecule has 72 valence electrons. The summed E-state index contributed by atoms with van der Waals surface area (Å²) in [5.41, 5.74) is 0. The molecule has 0 radical (unpaired) electrons. The number of hydrogen-bond acceptors (Lipinski definition) is 5. The lowest BCUT2D eigenvalue weighted by Gasteiger charge is -2.19. The number of carbonyl (C=O) groups is 1. The quantitative estimate of drug-likeness (QED) is 0.380. The van der Waals surface area contributed by atoms with E-state index < -0.39 is 37.4 Å². The summed E-state index contributed by atoms with van der Waals surface area (Å²) < 4.78 is 11.6. The minimum atomic E-state index is -1.99. The predicted molar refractivity (Wildman–Crippen MR) is 36.1 cm³/mol. The number of Topliss-reactive ketones (excluding diaryl/α,β-unsaturated/α-hetero) is 1. The van der Waals surface area contributed by atoms with Crippen LogP contribution in [-0.2, 0) is 4.79 Å². The molecule has 0 aromatic heterocycles. The number of hydrogen-bond donors (Lipinski definition) is 4. The van der Waals surface area contributed by atoms with Gasteiger partial charge in [-0.2, -0.15) is 0 Å². The summed E-state index contributed by atoms with van der Waals surface area (Å²) in [4.78, 5) is 10.4. The lowest BCUT2D eigenvalue weighted by molar-refractivity contribution is -0.140. The standard InChI is InChI=1S/C6H11FO5/c7-1-3(9)5(11)6(12)4(10)2-8/h4-6,8,10-12H,1-2H2. The maximum Gasteiger partial charge on any atom is 0.194 e. The van der Waals surface area contributed by atoms with Crippen molar-refractivity contribution < 1.29 is 29.6 Å². The van der Waals surface area contributed by atoms with Gasteiger partial charge in [-0.3, -0.25) is 4.79 Å². The molecule has 0 bridgehead atoms. The normalized spacial score (nSPS) is 18.4. The highest BCUT2D eigenvalue weighted by Gasteiger charge is 2.29. The van der Waals surface area contributed by atoms with Crippen LogP contribution in [0.3, 0.4) is 0 Å². The van der Waals surface area contributed by atoms with E-state index in [0.29, 0.717) is 0 Å². The Kier molecular flexibility index (Phi) is 4.91. The van der Waals surface area contributed by atoms with Crippen LogP contribution in [0, 0.1) is 0 Å². The number of aliphatic hydroxyl groups is 4. The summed E-state index contributed by atoms with van der Waals surface area (Å²) in [6.07, 6.45) is -5.48. The van der Waals surface area contributed by atoms with E-state index in [1.54, 1.807) is 0 Å². The zero-order valence-electron chi connectivity index (χ0n) is 6.22. The van der Waals surface area contributed by atoms with Gasteiger partial charge < -0.3 is 20.4 Å². The second-order valence-corrected chi connectivity index (χ2v) is 2.29. The minimum Gasteiger partial charge on any atom is -0.394 e. The van der Waals surface area contributed by atoms with Gasteiger partial charge in [0.25, 0.3) is 0 Å². The summed E-state index contributed by atoms with van der Waals surface area (Å²) in [7, 11) is 0. The zero-order valence-corrected chi connectivity index (χ0v) is 6.22. The molecule has 0 fully saturated rings. The molecule has 5 nitrogen and oxygen atoms in total. The van der Waals surface area contributed by atoms with Crippen LogP contribution in [0.25, 0.3) is 0 Å². The molecule has 4 N–H and O–H groups in total. The number of carbonyl (C=O) groups excluding carboxylic acids is 1. The summed E-state index contributed by atoms with van der Waals surface area (Å²) in [5, 5.41) is 34.6. The van der Waals surface area contributed by atoms with Gasteiger partial charge in [-0.25, -0.2) is 4.39 Å². The molecule has 0 spiro atoms. The first-order valence-electron chi connectivity index (χ1n) is 3.28. The molecular formula is C6H11FO5. The largest absolute Gasteiger partial charge is 0.394 e. The molecule has 3 unspecified atom stereocenters. The molecule has 0 aliphatic heterocycles. The van der Waals surface area contributed by atoms with Gasteiger partial charge in [0.2, 0.25) is 0 Å². The molecule has 0 saturated carbocycles. The van der Waals surface area contributed by atoms with Gasteiger partial charge in [0, 0.05) is 0 Å². The van der Waals surface area contributed by atoms with Crippen molar-refractivity contribution in [2.75, 3.05) is 13.3 Å². The SMILES string of the molecule is O=C(CF)C(O)C(O)C(O)CO. The Balaban J connectivity index is 4.08. The van der Waals surface area contributed by atoms with Crippen molar-refractivity contribution in [3.63, 3.8) is 0 Å². The predicted octanol–water partition coefficient (Wildman–Crippen LogP) is -2.40. The fourth-order valence-electron chi connectivity index (χ4n) is 0.588. The number of rotatable bonds is 5. The Labute approximate surface area is 68.1 Å². The van der Waals surface area contributed by atoms with Crippen molar-refractivity contribution in [1.82, 2.24) is 0 Å². The first-order valence-corrected chi connectivity index (χ1v) is 3.28. The summed E-state index contributed by atoms with van der Waals surface area (Å²) in [5.74, 6) is -1.23. The lowest BCUT2D eigenvalue weighted by Crippen LogP contribution is -2.44. The molecule has 0 aromatic rings. The highest BCUT2D eigenvalue weighted by Crippen LogP contribution is 2.01. The average Bonchev–Trinajstić information content (AvgIpc) is 2.12. The molecule has 0 aliphatic carbocycles. The highest BCUT2D eigenvalue weighted by molar-refractivity contribution is 5.84. The Morgan fingerprint density at radius 3 is 2.17 bits per heavy atom. The Morgan fingerprint density at radius 2 is 1.83 bits per heavy atom. The minimum absolute atomic E-state index is 0.808. The van der Waals surface area contributed by atoms with Gasteiger partial charge in [-0.15, -0.1) is 0 Å². The van der Waals surface area contributed by atoms with Crippen molar-refractivity contribution >= 4 is 5.78 Å². The summed E-state index contributed by atoms with van der Waals surface area (Å²) in [6.45, 7) is -2.23. The van der Waals surface area contributed by atoms with Gasteiger partial charge in [-0.1, -0.05) is 0 Å². The maximum atomic E-state index is 11.6. The van der Waals surface area contributed by atoms with Crippen molar-refractivity contribution in [1.29, 1.82) is 0 Å². The zero-order chi connectivity index (χ0) is 9.72. The van der Waals surface area contributed by atoms with Crippen LogP contribution in [0.2, 0.25) is 0 Å². The van der Waals surface area contributed by atoms with Crippen LogP contribution in [0.15, 0.2) is 0 Å². The number of ketones is 1. The Bertz CT molecular complexity index is 151. The van der Waals surface area contributed by atoms with Crippen LogP contribution in [0.5, 0.6) is 0 Å². The van der Waals surface area contributed by atoms with E-state index in [4.69, 9.17) is 20.4 Å². The van der Waals surface area contributed by atoms with Gasteiger partial charge >= 0.3 is 0 Å². The molecule has 0 rings (SSSR count). The van der Waals surface area contributed by atoms with Gasteiger partial charge in [0.05, 0.1) is 6.61 Å². The first-order chi connectivity index (χ1) is 5.54. The van der Waals surface area contributed by atoms with Crippen molar-refractivity contribution in [3.05, 3.63) is 0 Å².